The highest BCUT2D eigenvalue weighted by Gasteiger charge is 2.28. The van der Waals surface area contributed by atoms with E-state index >= 15 is 0 Å². The Morgan fingerprint density at radius 1 is 1.25 bits per heavy atom. The van der Waals surface area contributed by atoms with Crippen LogP contribution in [0, 0.1) is 5.82 Å². The van der Waals surface area contributed by atoms with Gasteiger partial charge in [-0.1, -0.05) is 22.0 Å². The van der Waals surface area contributed by atoms with Crippen molar-refractivity contribution in [2.24, 2.45) is 0 Å². The Bertz CT molecular complexity index is 567. The maximum Gasteiger partial charge on any atom is 0.129 e. The van der Waals surface area contributed by atoms with Crippen LogP contribution in [0.4, 0.5) is 4.39 Å². The molecule has 0 spiro atoms. The number of halogens is 2. The molecule has 20 heavy (non-hydrogen) atoms. The van der Waals surface area contributed by atoms with E-state index < -0.39 is 0 Å². The minimum absolute atomic E-state index is 0.166. The van der Waals surface area contributed by atoms with Gasteiger partial charge in [0.25, 0.3) is 0 Å². The summed E-state index contributed by atoms with van der Waals surface area (Å²) in [6.07, 6.45) is 1.64. The molecule has 0 amide bonds. The lowest BCUT2D eigenvalue weighted by Crippen LogP contribution is -2.45. The maximum absolute atomic E-state index is 14.3. The van der Waals surface area contributed by atoms with Crippen molar-refractivity contribution in [3.63, 3.8) is 0 Å². The summed E-state index contributed by atoms with van der Waals surface area (Å²) < 4.78 is 20.6. The molecular weight excluding hydrogens is 323 g/mol. The fourth-order valence-electron chi connectivity index (χ4n) is 2.64. The summed E-state index contributed by atoms with van der Waals surface area (Å²) in [5, 5.41) is 3.32. The molecule has 1 aromatic heterocycles. The Hall–Kier alpha value is -1.17. The summed E-state index contributed by atoms with van der Waals surface area (Å²) in [4.78, 5) is 2.25. The standard InChI is InChI=1S/C15H16BrFN2O/c16-11-3-4-12(13(17)10-11)15(14-2-1-9-20-14)19-7-5-18-6-8-19/h1-4,9-10,15,18H,5-8H2/t15-/m0/s1. The van der Waals surface area contributed by atoms with Crippen molar-refractivity contribution in [2.45, 2.75) is 6.04 Å². The first-order valence-corrected chi connectivity index (χ1v) is 7.48. The molecule has 1 aromatic carbocycles. The first-order valence-electron chi connectivity index (χ1n) is 6.69. The van der Waals surface area contributed by atoms with Crippen LogP contribution in [-0.2, 0) is 0 Å². The number of benzene rings is 1. The molecule has 0 unspecified atom stereocenters. The van der Waals surface area contributed by atoms with Gasteiger partial charge in [0.2, 0.25) is 0 Å². The quantitative estimate of drug-likeness (QED) is 0.931. The summed E-state index contributed by atoms with van der Waals surface area (Å²) in [6, 6.07) is 8.80. The van der Waals surface area contributed by atoms with Gasteiger partial charge in [-0.25, -0.2) is 4.39 Å². The topological polar surface area (TPSA) is 28.4 Å². The van der Waals surface area contributed by atoms with Crippen molar-refractivity contribution in [3.8, 4) is 0 Å². The molecule has 3 rings (SSSR count). The number of hydrogen-bond acceptors (Lipinski definition) is 3. The molecular formula is C15H16BrFN2O. The van der Waals surface area contributed by atoms with Crippen LogP contribution in [0.2, 0.25) is 0 Å². The average molecular weight is 339 g/mol. The van der Waals surface area contributed by atoms with Gasteiger partial charge in [-0.15, -0.1) is 0 Å². The fourth-order valence-corrected chi connectivity index (χ4v) is 2.97. The van der Waals surface area contributed by atoms with Crippen LogP contribution in [0.25, 0.3) is 0 Å². The van der Waals surface area contributed by atoms with Crippen LogP contribution >= 0.6 is 15.9 Å². The van der Waals surface area contributed by atoms with E-state index in [0.717, 1.165) is 36.4 Å². The molecule has 0 bridgehead atoms. The highest BCUT2D eigenvalue weighted by Crippen LogP contribution is 2.32. The van der Waals surface area contributed by atoms with Crippen molar-refractivity contribution in [3.05, 3.63) is 58.2 Å². The number of hydrogen-bond donors (Lipinski definition) is 1. The second-order valence-corrected chi connectivity index (χ2v) is 5.79. The molecule has 1 fully saturated rings. The predicted octanol–water partition coefficient (Wildman–Crippen LogP) is 3.18. The molecule has 5 heteroatoms. The fraction of sp³-hybridized carbons (Fsp3) is 0.333. The van der Waals surface area contributed by atoms with Gasteiger partial charge in [-0.2, -0.15) is 0 Å². The van der Waals surface area contributed by atoms with E-state index in [9.17, 15) is 4.39 Å². The van der Waals surface area contributed by atoms with Crippen LogP contribution in [0.1, 0.15) is 17.4 Å². The zero-order valence-electron chi connectivity index (χ0n) is 11.0. The van der Waals surface area contributed by atoms with Crippen molar-refractivity contribution in [1.29, 1.82) is 0 Å². The third-order valence-electron chi connectivity index (χ3n) is 3.59. The minimum Gasteiger partial charge on any atom is -0.467 e. The normalized spacial score (nSPS) is 18.1. The highest BCUT2D eigenvalue weighted by atomic mass is 79.9. The van der Waals surface area contributed by atoms with Crippen LogP contribution < -0.4 is 5.32 Å². The van der Waals surface area contributed by atoms with E-state index in [1.807, 2.05) is 24.3 Å². The van der Waals surface area contributed by atoms with Crippen molar-refractivity contribution < 1.29 is 8.81 Å². The van der Waals surface area contributed by atoms with Crippen molar-refractivity contribution in [2.75, 3.05) is 26.2 Å². The second kappa shape index (κ2) is 6.08. The molecule has 1 aliphatic rings. The van der Waals surface area contributed by atoms with Crippen LogP contribution in [0.15, 0.2) is 45.5 Å². The Balaban J connectivity index is 2.00. The summed E-state index contributed by atoms with van der Waals surface area (Å²) in [7, 11) is 0. The largest absolute Gasteiger partial charge is 0.467 e. The summed E-state index contributed by atoms with van der Waals surface area (Å²) >= 11 is 3.30. The Kier molecular flexibility index (Phi) is 4.19. The third-order valence-corrected chi connectivity index (χ3v) is 4.08. The third kappa shape index (κ3) is 2.80. The lowest BCUT2D eigenvalue weighted by Gasteiger charge is -2.34. The van der Waals surface area contributed by atoms with Gasteiger partial charge >= 0.3 is 0 Å². The molecule has 1 N–H and O–H groups in total. The lowest BCUT2D eigenvalue weighted by molar-refractivity contribution is 0.177. The molecule has 3 nitrogen and oxygen atoms in total. The molecule has 1 atom stereocenters. The zero-order chi connectivity index (χ0) is 13.9. The van der Waals surface area contributed by atoms with Gasteiger partial charge in [0.05, 0.1) is 12.3 Å². The lowest BCUT2D eigenvalue weighted by atomic mass is 10.0. The number of piperazine rings is 1. The van der Waals surface area contributed by atoms with E-state index in [4.69, 9.17) is 4.42 Å². The second-order valence-electron chi connectivity index (χ2n) is 4.87. The summed E-state index contributed by atoms with van der Waals surface area (Å²) in [6.45, 7) is 3.58. The van der Waals surface area contributed by atoms with Gasteiger partial charge in [0, 0.05) is 36.2 Å². The van der Waals surface area contributed by atoms with Gasteiger partial charge in [-0.05, 0) is 24.3 Å². The van der Waals surface area contributed by atoms with Crippen LogP contribution in [0.5, 0.6) is 0 Å². The van der Waals surface area contributed by atoms with Crippen LogP contribution in [0.3, 0.4) is 0 Å². The Morgan fingerprint density at radius 3 is 2.70 bits per heavy atom. The molecule has 0 radical (unpaired) electrons. The molecule has 2 aromatic rings. The van der Waals surface area contributed by atoms with Gasteiger partial charge in [0.1, 0.15) is 11.6 Å². The van der Waals surface area contributed by atoms with E-state index in [0.29, 0.717) is 5.56 Å². The minimum atomic E-state index is -0.209. The van der Waals surface area contributed by atoms with Gasteiger partial charge in [-0.3, -0.25) is 4.90 Å². The number of rotatable bonds is 3. The van der Waals surface area contributed by atoms with E-state index in [1.54, 1.807) is 6.26 Å². The number of furan rings is 1. The molecule has 0 aliphatic carbocycles. The molecule has 1 saturated heterocycles. The van der Waals surface area contributed by atoms with Crippen molar-refractivity contribution in [1.82, 2.24) is 10.2 Å². The average Bonchev–Trinajstić information content (AvgIpc) is 2.97. The first-order chi connectivity index (χ1) is 9.75. The maximum atomic E-state index is 14.3. The van der Waals surface area contributed by atoms with E-state index in [1.165, 1.54) is 6.07 Å². The molecule has 106 valence electrons. The molecule has 0 saturated carbocycles. The summed E-state index contributed by atoms with van der Waals surface area (Å²) in [5.41, 5.74) is 0.657. The Morgan fingerprint density at radius 2 is 2.05 bits per heavy atom. The van der Waals surface area contributed by atoms with Gasteiger partial charge < -0.3 is 9.73 Å². The highest BCUT2D eigenvalue weighted by molar-refractivity contribution is 9.10. The Labute approximate surface area is 125 Å². The van der Waals surface area contributed by atoms with E-state index in [2.05, 4.69) is 26.1 Å². The molecule has 2 heterocycles. The van der Waals surface area contributed by atoms with Crippen LogP contribution in [-0.4, -0.2) is 31.1 Å². The molecule has 1 aliphatic heterocycles. The predicted molar refractivity (Wildman–Crippen MR) is 79.1 cm³/mol. The smallest absolute Gasteiger partial charge is 0.129 e. The number of nitrogens with zero attached hydrogens (tertiary/aromatic N) is 1. The number of nitrogens with one attached hydrogen (secondary N) is 1. The first kappa shape index (κ1) is 13.8. The van der Waals surface area contributed by atoms with E-state index in [-0.39, 0.29) is 11.9 Å². The van der Waals surface area contributed by atoms with Crippen molar-refractivity contribution >= 4 is 15.9 Å². The zero-order valence-corrected chi connectivity index (χ0v) is 12.6. The van der Waals surface area contributed by atoms with Gasteiger partial charge in [0.15, 0.2) is 0 Å². The SMILES string of the molecule is Fc1cc(Br)ccc1[C@@H](c1ccco1)N1CCNCC1. The monoisotopic (exact) mass is 338 g/mol. The summed E-state index contributed by atoms with van der Waals surface area (Å²) in [5.74, 6) is 0.576.